The highest BCUT2D eigenvalue weighted by Gasteiger charge is 2.36. The first-order valence-corrected chi connectivity index (χ1v) is 4.19. The topological polar surface area (TPSA) is 41.1 Å². The summed E-state index contributed by atoms with van der Waals surface area (Å²) in [6.07, 6.45) is 1.74. The summed E-state index contributed by atoms with van der Waals surface area (Å²) in [5.41, 5.74) is 3.03. The van der Waals surface area contributed by atoms with Gasteiger partial charge in [0.15, 0.2) is 6.67 Å². The number of nitrogens with one attached hydrogen (secondary N) is 2. The molecule has 1 atom stereocenters. The Hall–Kier alpha value is -0.610. The van der Waals surface area contributed by atoms with Crippen molar-refractivity contribution >= 4 is 5.91 Å². The van der Waals surface area contributed by atoms with Crippen LogP contribution in [0.1, 0.15) is 12.8 Å². The molecule has 0 aliphatic carbocycles. The maximum atomic E-state index is 11.1. The summed E-state index contributed by atoms with van der Waals surface area (Å²) in [4.78, 5) is 11.1. The van der Waals surface area contributed by atoms with Gasteiger partial charge in [-0.05, 0) is 0 Å². The summed E-state index contributed by atoms with van der Waals surface area (Å²) in [5, 5.41) is 3.26. The summed E-state index contributed by atoms with van der Waals surface area (Å²) in [6.45, 7) is 4.08. The molecule has 2 fully saturated rings. The molecule has 11 heavy (non-hydrogen) atoms. The highest BCUT2D eigenvalue weighted by atomic mass is 16.2. The van der Waals surface area contributed by atoms with Gasteiger partial charge < -0.3 is 0 Å². The second-order valence-electron chi connectivity index (χ2n) is 3.39. The maximum Gasteiger partial charge on any atom is 0.265 e. The predicted molar refractivity (Wildman–Crippen MR) is 40.2 cm³/mol. The zero-order valence-electron chi connectivity index (χ0n) is 6.60. The third-order valence-corrected chi connectivity index (χ3v) is 2.48. The second kappa shape index (κ2) is 2.46. The van der Waals surface area contributed by atoms with E-state index in [1.807, 2.05) is 0 Å². The summed E-state index contributed by atoms with van der Waals surface area (Å²) in [6, 6.07) is 0. The first kappa shape index (κ1) is 7.06. The summed E-state index contributed by atoms with van der Waals surface area (Å²) >= 11 is 0. The Morgan fingerprint density at radius 1 is 1.36 bits per heavy atom. The Kier molecular flexibility index (Phi) is 1.58. The molecule has 2 heterocycles. The van der Waals surface area contributed by atoms with Gasteiger partial charge in [-0.1, -0.05) is 0 Å². The van der Waals surface area contributed by atoms with Crippen LogP contribution in [0.3, 0.4) is 0 Å². The standard InChI is InChI=1S/C7H13N3O/c11-7-2-1-4-10(9-7)5-3-8-6-10/h8H,1-6H2/p+1. The van der Waals surface area contributed by atoms with Gasteiger partial charge in [-0.2, -0.15) is 0 Å². The van der Waals surface area contributed by atoms with Gasteiger partial charge in [-0.15, -0.1) is 0 Å². The Balaban J connectivity index is 2.05. The van der Waals surface area contributed by atoms with Crippen LogP contribution in [0.5, 0.6) is 0 Å². The minimum Gasteiger partial charge on any atom is -0.270 e. The molecule has 0 bridgehead atoms. The van der Waals surface area contributed by atoms with E-state index in [2.05, 4.69) is 10.7 Å². The van der Waals surface area contributed by atoms with Crippen molar-refractivity contribution < 1.29 is 9.39 Å². The van der Waals surface area contributed by atoms with Crippen molar-refractivity contribution in [3.8, 4) is 0 Å². The van der Waals surface area contributed by atoms with Gasteiger partial charge >= 0.3 is 0 Å². The van der Waals surface area contributed by atoms with Gasteiger partial charge in [-0.3, -0.25) is 10.1 Å². The first-order chi connectivity index (χ1) is 5.31. The van der Waals surface area contributed by atoms with Crippen LogP contribution in [0.4, 0.5) is 0 Å². The maximum absolute atomic E-state index is 11.1. The minimum absolute atomic E-state index is 0.208. The summed E-state index contributed by atoms with van der Waals surface area (Å²) in [5.74, 6) is 0.208. The molecule has 2 saturated heterocycles. The highest BCUT2D eigenvalue weighted by Crippen LogP contribution is 2.12. The number of rotatable bonds is 0. The van der Waals surface area contributed by atoms with E-state index in [4.69, 9.17) is 0 Å². The number of hydrogen-bond acceptors (Lipinski definition) is 2. The van der Waals surface area contributed by atoms with Gasteiger partial charge in [0.1, 0.15) is 13.1 Å². The van der Waals surface area contributed by atoms with Crippen LogP contribution in [0.15, 0.2) is 0 Å². The van der Waals surface area contributed by atoms with Gasteiger partial charge in [0.25, 0.3) is 5.91 Å². The van der Waals surface area contributed by atoms with Crippen molar-refractivity contribution in [1.82, 2.24) is 10.7 Å². The van der Waals surface area contributed by atoms with Crippen molar-refractivity contribution in [3.63, 3.8) is 0 Å². The average Bonchev–Trinajstić information content (AvgIpc) is 2.37. The lowest BCUT2D eigenvalue weighted by molar-refractivity contribution is -0.953. The third-order valence-electron chi connectivity index (χ3n) is 2.48. The van der Waals surface area contributed by atoms with Crippen LogP contribution in [-0.4, -0.2) is 36.8 Å². The fraction of sp³-hybridized carbons (Fsp3) is 0.857. The Bertz CT molecular complexity index is 175. The molecule has 0 radical (unpaired) electrons. The molecule has 1 spiro atoms. The molecular weight excluding hydrogens is 142 g/mol. The quantitative estimate of drug-likeness (QED) is 0.450. The minimum atomic E-state index is 0.208. The number of quaternary nitrogens is 1. The fourth-order valence-corrected chi connectivity index (χ4v) is 1.87. The lowest BCUT2D eigenvalue weighted by Crippen LogP contribution is -2.62. The molecule has 1 unspecified atom stereocenters. The average molecular weight is 156 g/mol. The van der Waals surface area contributed by atoms with Crippen molar-refractivity contribution in [2.45, 2.75) is 12.8 Å². The van der Waals surface area contributed by atoms with Crippen molar-refractivity contribution in [1.29, 1.82) is 0 Å². The molecule has 2 N–H and O–H groups in total. The number of nitrogens with zero attached hydrogens (tertiary/aromatic N) is 1. The molecule has 4 heteroatoms. The number of carbonyl (C=O) groups excluding carboxylic acids is 1. The number of carbonyl (C=O) groups is 1. The first-order valence-electron chi connectivity index (χ1n) is 4.19. The fourth-order valence-electron chi connectivity index (χ4n) is 1.87. The monoisotopic (exact) mass is 156 g/mol. The molecule has 0 aromatic rings. The van der Waals surface area contributed by atoms with E-state index in [1.165, 1.54) is 0 Å². The van der Waals surface area contributed by atoms with Crippen LogP contribution in [0.2, 0.25) is 0 Å². The Labute approximate surface area is 66.1 Å². The molecule has 2 aliphatic heterocycles. The number of hydrogen-bond donors (Lipinski definition) is 2. The van der Waals surface area contributed by atoms with E-state index >= 15 is 0 Å². The van der Waals surface area contributed by atoms with E-state index in [9.17, 15) is 4.79 Å². The normalized spacial score (nSPS) is 37.6. The van der Waals surface area contributed by atoms with Crippen molar-refractivity contribution in [2.75, 3.05) is 26.3 Å². The van der Waals surface area contributed by atoms with E-state index in [0.717, 1.165) is 37.3 Å². The lowest BCUT2D eigenvalue weighted by atomic mass is 10.2. The van der Waals surface area contributed by atoms with Crippen LogP contribution in [0, 0.1) is 0 Å². The Morgan fingerprint density at radius 3 is 2.91 bits per heavy atom. The van der Waals surface area contributed by atoms with Crippen LogP contribution in [-0.2, 0) is 4.79 Å². The van der Waals surface area contributed by atoms with E-state index in [0.29, 0.717) is 6.42 Å². The van der Waals surface area contributed by atoms with Gasteiger partial charge in [-0.25, -0.2) is 10.0 Å². The van der Waals surface area contributed by atoms with Gasteiger partial charge in [0.05, 0.1) is 6.54 Å². The van der Waals surface area contributed by atoms with Crippen molar-refractivity contribution in [2.24, 2.45) is 0 Å². The van der Waals surface area contributed by atoms with E-state index < -0.39 is 0 Å². The molecular formula is C7H14N3O+. The third kappa shape index (κ3) is 1.23. The van der Waals surface area contributed by atoms with Gasteiger partial charge in [0, 0.05) is 12.8 Å². The highest BCUT2D eigenvalue weighted by molar-refractivity contribution is 5.75. The molecule has 0 saturated carbocycles. The molecule has 1 amide bonds. The summed E-state index contributed by atoms with van der Waals surface area (Å²) < 4.78 is 0.777. The smallest absolute Gasteiger partial charge is 0.265 e. The molecule has 62 valence electrons. The zero-order chi connectivity index (χ0) is 7.73. The lowest BCUT2D eigenvalue weighted by Gasteiger charge is -2.35. The molecule has 4 nitrogen and oxygen atoms in total. The predicted octanol–water partition coefficient (Wildman–Crippen LogP) is -0.811. The van der Waals surface area contributed by atoms with Crippen LogP contribution >= 0.6 is 0 Å². The second-order valence-corrected chi connectivity index (χ2v) is 3.39. The van der Waals surface area contributed by atoms with Crippen LogP contribution < -0.4 is 10.7 Å². The largest absolute Gasteiger partial charge is 0.270 e. The SMILES string of the molecule is O=C1CCC[N+]2(CCNC2)N1. The molecule has 0 aromatic carbocycles. The van der Waals surface area contributed by atoms with Gasteiger partial charge in [0.2, 0.25) is 0 Å². The van der Waals surface area contributed by atoms with E-state index in [1.54, 1.807) is 0 Å². The number of amides is 1. The van der Waals surface area contributed by atoms with Crippen molar-refractivity contribution in [3.05, 3.63) is 0 Å². The van der Waals surface area contributed by atoms with Crippen LogP contribution in [0.25, 0.3) is 0 Å². The van der Waals surface area contributed by atoms with E-state index in [-0.39, 0.29) is 5.91 Å². The summed E-state index contributed by atoms with van der Waals surface area (Å²) in [7, 11) is 0. The molecule has 0 aromatic heterocycles. The molecule has 2 aliphatic rings. The molecule has 2 rings (SSSR count). The Morgan fingerprint density at radius 2 is 2.27 bits per heavy atom. The zero-order valence-corrected chi connectivity index (χ0v) is 6.60.